The molecule has 84 valence electrons. The number of benzene rings is 1. The van der Waals surface area contributed by atoms with Crippen LogP contribution in [0.2, 0.25) is 0 Å². The van der Waals surface area contributed by atoms with Gasteiger partial charge >= 0.3 is 0 Å². The van der Waals surface area contributed by atoms with Gasteiger partial charge in [0.05, 0.1) is 6.26 Å². The second-order valence-electron chi connectivity index (χ2n) is 3.67. The predicted molar refractivity (Wildman–Crippen MR) is 62.3 cm³/mol. The van der Waals surface area contributed by atoms with Crippen LogP contribution < -0.4 is 10.5 Å². The smallest absolute Gasteiger partial charge is 0.168 e. The molecule has 0 amide bonds. The first-order valence-electron chi connectivity index (χ1n) is 5.26. The molecule has 0 aliphatic rings. The summed E-state index contributed by atoms with van der Waals surface area (Å²) < 4.78 is 11.1. The van der Waals surface area contributed by atoms with E-state index in [1.165, 1.54) is 0 Å². The summed E-state index contributed by atoms with van der Waals surface area (Å²) in [5.74, 6) is 1.57. The molecular formula is C13H15NO2. The number of hydrogen-bond donors (Lipinski definition) is 1. The summed E-state index contributed by atoms with van der Waals surface area (Å²) in [6.45, 7) is 2.42. The van der Waals surface area contributed by atoms with Crippen molar-refractivity contribution < 1.29 is 9.15 Å². The molecule has 2 rings (SSSR count). The van der Waals surface area contributed by atoms with Crippen molar-refractivity contribution in [3.8, 4) is 5.75 Å². The Labute approximate surface area is 94.8 Å². The second kappa shape index (κ2) is 4.86. The maximum absolute atomic E-state index is 5.77. The van der Waals surface area contributed by atoms with Crippen LogP contribution in [0.3, 0.4) is 0 Å². The fourth-order valence-corrected chi connectivity index (χ4v) is 1.55. The van der Waals surface area contributed by atoms with Crippen LogP contribution in [0.1, 0.15) is 17.4 Å². The van der Waals surface area contributed by atoms with Crippen LogP contribution in [0.25, 0.3) is 0 Å². The highest BCUT2D eigenvalue weighted by Gasteiger charge is 2.13. The molecule has 1 atom stereocenters. The first-order valence-corrected chi connectivity index (χ1v) is 5.26. The van der Waals surface area contributed by atoms with Crippen molar-refractivity contribution in [2.24, 2.45) is 5.73 Å². The number of hydrogen-bond acceptors (Lipinski definition) is 3. The summed E-state index contributed by atoms with van der Waals surface area (Å²) >= 11 is 0. The third-order valence-electron chi connectivity index (χ3n) is 2.34. The molecule has 2 aromatic rings. The van der Waals surface area contributed by atoms with E-state index in [1.54, 1.807) is 6.26 Å². The van der Waals surface area contributed by atoms with Crippen LogP contribution in [-0.2, 0) is 0 Å². The van der Waals surface area contributed by atoms with Gasteiger partial charge in [0.2, 0.25) is 0 Å². The topological polar surface area (TPSA) is 48.4 Å². The molecule has 1 aromatic carbocycles. The first-order chi connectivity index (χ1) is 7.79. The van der Waals surface area contributed by atoms with E-state index in [-0.39, 0.29) is 6.10 Å². The largest absolute Gasteiger partial charge is 0.481 e. The van der Waals surface area contributed by atoms with Crippen LogP contribution >= 0.6 is 0 Å². The summed E-state index contributed by atoms with van der Waals surface area (Å²) in [6, 6.07) is 11.6. The lowest BCUT2D eigenvalue weighted by Gasteiger charge is -2.15. The fourth-order valence-electron chi connectivity index (χ4n) is 1.55. The van der Waals surface area contributed by atoms with Gasteiger partial charge in [0.1, 0.15) is 11.5 Å². The van der Waals surface area contributed by atoms with E-state index in [0.717, 1.165) is 17.1 Å². The van der Waals surface area contributed by atoms with Crippen LogP contribution in [0.4, 0.5) is 0 Å². The number of rotatable bonds is 4. The molecule has 0 spiro atoms. The number of nitrogens with two attached hydrogens (primary N) is 1. The molecule has 1 unspecified atom stereocenters. The van der Waals surface area contributed by atoms with Gasteiger partial charge in [-0.25, -0.2) is 0 Å². The SMILES string of the molecule is Cc1cccc(OC(CN)c2ccco2)c1. The predicted octanol–water partition coefficient (Wildman–Crippen LogP) is 2.67. The summed E-state index contributed by atoms with van der Waals surface area (Å²) in [4.78, 5) is 0. The molecule has 0 saturated carbocycles. The standard InChI is InChI=1S/C13H15NO2/c1-10-4-2-5-11(8-10)16-13(9-14)12-6-3-7-15-12/h2-8,13H,9,14H2,1H3. The highest BCUT2D eigenvalue weighted by atomic mass is 16.5. The van der Waals surface area contributed by atoms with E-state index >= 15 is 0 Å². The van der Waals surface area contributed by atoms with Crippen molar-refractivity contribution in [2.45, 2.75) is 13.0 Å². The zero-order valence-electron chi connectivity index (χ0n) is 9.22. The molecule has 0 bridgehead atoms. The van der Waals surface area contributed by atoms with Gasteiger partial charge in [-0.3, -0.25) is 0 Å². The second-order valence-corrected chi connectivity index (χ2v) is 3.67. The Balaban J connectivity index is 2.13. The van der Waals surface area contributed by atoms with Gasteiger partial charge in [-0.2, -0.15) is 0 Å². The van der Waals surface area contributed by atoms with Gasteiger partial charge in [0.15, 0.2) is 6.10 Å². The number of furan rings is 1. The molecule has 16 heavy (non-hydrogen) atoms. The summed E-state index contributed by atoms with van der Waals surface area (Å²) in [5, 5.41) is 0. The van der Waals surface area contributed by atoms with Crippen LogP contribution in [0.15, 0.2) is 47.1 Å². The van der Waals surface area contributed by atoms with Gasteiger partial charge < -0.3 is 14.9 Å². The molecule has 0 aliphatic carbocycles. The van der Waals surface area contributed by atoms with Gasteiger partial charge in [-0.15, -0.1) is 0 Å². The third kappa shape index (κ3) is 2.44. The Kier molecular flexibility index (Phi) is 3.27. The summed E-state index contributed by atoms with van der Waals surface area (Å²) in [5.41, 5.74) is 6.82. The van der Waals surface area contributed by atoms with E-state index in [0.29, 0.717) is 6.54 Å². The van der Waals surface area contributed by atoms with E-state index in [9.17, 15) is 0 Å². The van der Waals surface area contributed by atoms with E-state index < -0.39 is 0 Å². The quantitative estimate of drug-likeness (QED) is 0.856. The highest BCUT2D eigenvalue weighted by Crippen LogP contribution is 2.22. The van der Waals surface area contributed by atoms with Gasteiger partial charge in [0, 0.05) is 6.54 Å². The minimum absolute atomic E-state index is 0.225. The van der Waals surface area contributed by atoms with Gasteiger partial charge in [-0.05, 0) is 36.8 Å². The van der Waals surface area contributed by atoms with E-state index in [1.807, 2.05) is 43.3 Å². The molecule has 0 saturated heterocycles. The molecule has 1 aromatic heterocycles. The molecule has 2 N–H and O–H groups in total. The third-order valence-corrected chi connectivity index (χ3v) is 2.34. The van der Waals surface area contributed by atoms with Crippen LogP contribution in [-0.4, -0.2) is 6.54 Å². The van der Waals surface area contributed by atoms with E-state index in [4.69, 9.17) is 14.9 Å². The van der Waals surface area contributed by atoms with Crippen molar-refractivity contribution in [3.63, 3.8) is 0 Å². The van der Waals surface area contributed by atoms with Crippen molar-refractivity contribution >= 4 is 0 Å². The average Bonchev–Trinajstić information content (AvgIpc) is 2.79. The fraction of sp³-hybridized carbons (Fsp3) is 0.231. The van der Waals surface area contributed by atoms with Crippen molar-refractivity contribution in [1.29, 1.82) is 0 Å². The Morgan fingerprint density at radius 3 is 2.81 bits per heavy atom. The van der Waals surface area contributed by atoms with Crippen LogP contribution in [0, 0.1) is 6.92 Å². The Bertz CT molecular complexity index is 437. The lowest BCUT2D eigenvalue weighted by atomic mass is 10.2. The number of ether oxygens (including phenoxy) is 1. The van der Waals surface area contributed by atoms with Gasteiger partial charge in [-0.1, -0.05) is 12.1 Å². The van der Waals surface area contributed by atoms with E-state index in [2.05, 4.69) is 0 Å². The maximum Gasteiger partial charge on any atom is 0.168 e. The lowest BCUT2D eigenvalue weighted by molar-refractivity contribution is 0.184. The molecule has 3 nitrogen and oxygen atoms in total. The Morgan fingerprint density at radius 1 is 1.31 bits per heavy atom. The molecule has 0 radical (unpaired) electrons. The zero-order valence-corrected chi connectivity index (χ0v) is 9.22. The lowest BCUT2D eigenvalue weighted by Crippen LogP contribution is -2.17. The molecule has 1 heterocycles. The van der Waals surface area contributed by atoms with Crippen molar-refractivity contribution in [3.05, 3.63) is 54.0 Å². The first kappa shape index (κ1) is 10.8. The molecular weight excluding hydrogens is 202 g/mol. The molecule has 3 heteroatoms. The minimum atomic E-state index is -0.225. The highest BCUT2D eigenvalue weighted by molar-refractivity contribution is 5.28. The average molecular weight is 217 g/mol. The Morgan fingerprint density at radius 2 is 2.19 bits per heavy atom. The monoisotopic (exact) mass is 217 g/mol. The van der Waals surface area contributed by atoms with Crippen LogP contribution in [0.5, 0.6) is 5.75 Å². The molecule has 0 fully saturated rings. The summed E-state index contributed by atoms with van der Waals surface area (Å²) in [7, 11) is 0. The maximum atomic E-state index is 5.77. The molecule has 0 aliphatic heterocycles. The Hall–Kier alpha value is -1.74. The number of aryl methyl sites for hydroxylation is 1. The minimum Gasteiger partial charge on any atom is -0.481 e. The van der Waals surface area contributed by atoms with Crippen molar-refractivity contribution in [2.75, 3.05) is 6.54 Å². The van der Waals surface area contributed by atoms with Gasteiger partial charge in [0.25, 0.3) is 0 Å². The normalized spacial score (nSPS) is 12.4. The zero-order chi connectivity index (χ0) is 11.4. The summed E-state index contributed by atoms with van der Waals surface area (Å²) in [6.07, 6.45) is 1.40. The van der Waals surface area contributed by atoms with Crippen molar-refractivity contribution in [1.82, 2.24) is 0 Å².